The number of carbonyl (C=O) groups is 1. The van der Waals surface area contributed by atoms with Gasteiger partial charge < -0.3 is 9.32 Å². The molecule has 0 radical (unpaired) electrons. The lowest BCUT2D eigenvalue weighted by Gasteiger charge is -2.31. The molecule has 0 saturated carbocycles. The number of halogens is 1. The maximum absolute atomic E-state index is 13.1. The van der Waals surface area contributed by atoms with Crippen LogP contribution in [0.5, 0.6) is 0 Å². The Morgan fingerprint density at radius 3 is 2.81 bits per heavy atom. The summed E-state index contributed by atoms with van der Waals surface area (Å²) in [6.45, 7) is 1.26. The van der Waals surface area contributed by atoms with Crippen molar-refractivity contribution in [1.82, 2.24) is 14.9 Å². The van der Waals surface area contributed by atoms with Crippen LogP contribution >= 0.6 is 0 Å². The first-order valence-electron chi connectivity index (χ1n) is 10.5. The standard InChI is InChI=1S/C25H22FN3O2/c26-20-10-7-17(8-11-20)14-21-15-27-24(31-21)19-5-3-13-29(16-19)25(30)23-12-9-18-4-1-2-6-22(18)28-23/h1-2,4,6-12,15,19H,3,5,13-14,16H2/t19-/m1/s1. The normalized spacial score (nSPS) is 16.5. The molecule has 0 unspecified atom stereocenters. The molecule has 2 aromatic carbocycles. The van der Waals surface area contributed by atoms with Gasteiger partial charge in [-0.15, -0.1) is 0 Å². The molecule has 5 rings (SSSR count). The summed E-state index contributed by atoms with van der Waals surface area (Å²) in [6, 6.07) is 17.9. The van der Waals surface area contributed by atoms with E-state index in [1.807, 2.05) is 35.2 Å². The van der Waals surface area contributed by atoms with Crippen molar-refractivity contribution in [2.24, 2.45) is 0 Å². The first-order chi connectivity index (χ1) is 15.2. The van der Waals surface area contributed by atoms with Crippen LogP contribution in [-0.4, -0.2) is 33.9 Å². The van der Waals surface area contributed by atoms with Gasteiger partial charge in [0.05, 0.1) is 17.6 Å². The number of piperidine rings is 1. The van der Waals surface area contributed by atoms with Crippen molar-refractivity contribution in [3.05, 3.63) is 95.6 Å². The molecule has 156 valence electrons. The summed E-state index contributed by atoms with van der Waals surface area (Å²) < 4.78 is 19.1. The van der Waals surface area contributed by atoms with Crippen LogP contribution < -0.4 is 0 Å². The summed E-state index contributed by atoms with van der Waals surface area (Å²) in [5.41, 5.74) is 2.25. The number of hydrogen-bond acceptors (Lipinski definition) is 4. The number of para-hydroxylation sites is 1. The number of nitrogens with zero attached hydrogens (tertiary/aromatic N) is 3. The van der Waals surface area contributed by atoms with Crippen molar-refractivity contribution >= 4 is 16.8 Å². The molecule has 1 aliphatic heterocycles. The second kappa shape index (κ2) is 8.30. The van der Waals surface area contributed by atoms with E-state index in [1.165, 1.54) is 12.1 Å². The van der Waals surface area contributed by atoms with Crippen molar-refractivity contribution in [2.45, 2.75) is 25.2 Å². The highest BCUT2D eigenvalue weighted by Crippen LogP contribution is 2.28. The van der Waals surface area contributed by atoms with E-state index < -0.39 is 0 Å². The molecule has 1 aliphatic rings. The monoisotopic (exact) mass is 415 g/mol. The Hall–Kier alpha value is -3.54. The lowest BCUT2D eigenvalue weighted by atomic mass is 9.97. The lowest BCUT2D eigenvalue weighted by molar-refractivity contribution is 0.0692. The molecule has 0 aliphatic carbocycles. The van der Waals surface area contributed by atoms with Gasteiger partial charge in [-0.25, -0.2) is 14.4 Å². The van der Waals surface area contributed by atoms with Crippen LogP contribution in [0.3, 0.4) is 0 Å². The minimum Gasteiger partial charge on any atom is -0.445 e. The average Bonchev–Trinajstić information content (AvgIpc) is 3.28. The van der Waals surface area contributed by atoms with Crippen LogP contribution in [0.4, 0.5) is 4.39 Å². The molecule has 1 fully saturated rings. The first-order valence-corrected chi connectivity index (χ1v) is 10.5. The van der Waals surface area contributed by atoms with Gasteiger partial charge >= 0.3 is 0 Å². The summed E-state index contributed by atoms with van der Waals surface area (Å²) >= 11 is 0. The molecular weight excluding hydrogens is 393 g/mol. The summed E-state index contributed by atoms with van der Waals surface area (Å²) in [7, 11) is 0. The summed E-state index contributed by atoms with van der Waals surface area (Å²) in [5, 5.41) is 1.02. The third kappa shape index (κ3) is 4.19. The van der Waals surface area contributed by atoms with Gasteiger partial charge in [0, 0.05) is 24.9 Å². The number of oxazole rings is 1. The van der Waals surface area contributed by atoms with Gasteiger partial charge in [0.1, 0.15) is 17.3 Å². The van der Waals surface area contributed by atoms with Crippen molar-refractivity contribution < 1.29 is 13.6 Å². The number of pyridine rings is 1. The summed E-state index contributed by atoms with van der Waals surface area (Å²) in [5.74, 6) is 1.13. The fraction of sp³-hybridized carbons (Fsp3) is 0.240. The van der Waals surface area contributed by atoms with Crippen LogP contribution in [0.25, 0.3) is 10.9 Å². The van der Waals surface area contributed by atoms with Gasteiger partial charge in [-0.2, -0.15) is 0 Å². The molecule has 0 N–H and O–H groups in total. The van der Waals surface area contributed by atoms with Crippen LogP contribution in [0.2, 0.25) is 0 Å². The fourth-order valence-electron chi connectivity index (χ4n) is 4.11. The number of carbonyl (C=O) groups excluding carboxylic acids is 1. The molecule has 0 bridgehead atoms. The Bertz CT molecular complexity index is 1220. The van der Waals surface area contributed by atoms with Crippen molar-refractivity contribution in [3.63, 3.8) is 0 Å². The molecule has 4 aromatic rings. The van der Waals surface area contributed by atoms with Gasteiger partial charge in [0.25, 0.3) is 5.91 Å². The predicted molar refractivity (Wildman–Crippen MR) is 115 cm³/mol. The number of benzene rings is 2. The van der Waals surface area contributed by atoms with Crippen molar-refractivity contribution in [3.8, 4) is 0 Å². The zero-order valence-corrected chi connectivity index (χ0v) is 17.0. The minimum absolute atomic E-state index is 0.0557. The number of likely N-dealkylation sites (tertiary alicyclic amines) is 1. The Balaban J connectivity index is 1.29. The molecule has 0 spiro atoms. The Labute approximate surface area is 179 Å². The second-order valence-corrected chi connectivity index (χ2v) is 7.95. The highest BCUT2D eigenvalue weighted by atomic mass is 19.1. The Morgan fingerprint density at radius 1 is 1.10 bits per heavy atom. The topological polar surface area (TPSA) is 59.2 Å². The van der Waals surface area contributed by atoms with Crippen LogP contribution in [0, 0.1) is 5.82 Å². The number of rotatable bonds is 4. The second-order valence-electron chi connectivity index (χ2n) is 7.95. The third-order valence-corrected chi connectivity index (χ3v) is 5.74. The molecule has 2 aromatic heterocycles. The van der Waals surface area contributed by atoms with E-state index in [4.69, 9.17) is 4.42 Å². The molecule has 6 heteroatoms. The first kappa shape index (κ1) is 19.4. The highest BCUT2D eigenvalue weighted by Gasteiger charge is 2.29. The SMILES string of the molecule is O=C(c1ccc2ccccc2n1)N1CCC[C@@H](c2ncc(Cc3ccc(F)cc3)o2)C1. The number of hydrogen-bond donors (Lipinski definition) is 0. The number of aromatic nitrogens is 2. The third-order valence-electron chi connectivity index (χ3n) is 5.74. The number of amides is 1. The van der Waals surface area contributed by atoms with Gasteiger partial charge in [0.2, 0.25) is 0 Å². The lowest BCUT2D eigenvalue weighted by Crippen LogP contribution is -2.39. The van der Waals surface area contributed by atoms with E-state index in [-0.39, 0.29) is 17.6 Å². The molecule has 1 atom stereocenters. The fourth-order valence-corrected chi connectivity index (χ4v) is 4.11. The van der Waals surface area contributed by atoms with E-state index in [1.54, 1.807) is 24.4 Å². The molecule has 1 saturated heterocycles. The summed E-state index contributed by atoms with van der Waals surface area (Å²) in [4.78, 5) is 23.9. The maximum atomic E-state index is 13.1. The predicted octanol–water partition coefficient (Wildman–Crippen LogP) is 4.97. The minimum atomic E-state index is -0.255. The molecule has 31 heavy (non-hydrogen) atoms. The summed E-state index contributed by atoms with van der Waals surface area (Å²) in [6.07, 6.45) is 4.10. The van der Waals surface area contributed by atoms with Gasteiger partial charge in [0.15, 0.2) is 5.89 Å². The Morgan fingerprint density at radius 2 is 1.94 bits per heavy atom. The molecule has 5 nitrogen and oxygen atoms in total. The average molecular weight is 415 g/mol. The van der Waals surface area contributed by atoms with Crippen LogP contribution in [0.1, 0.15) is 46.5 Å². The molecular formula is C25H22FN3O2. The maximum Gasteiger partial charge on any atom is 0.272 e. The van der Waals surface area contributed by atoms with E-state index in [2.05, 4.69) is 9.97 Å². The van der Waals surface area contributed by atoms with Gasteiger partial charge in [-0.3, -0.25) is 4.79 Å². The van der Waals surface area contributed by atoms with Crippen LogP contribution in [0.15, 0.2) is 71.3 Å². The quantitative estimate of drug-likeness (QED) is 0.472. The number of fused-ring (bicyclic) bond motifs is 1. The zero-order chi connectivity index (χ0) is 21.2. The molecule has 3 heterocycles. The van der Waals surface area contributed by atoms with Crippen molar-refractivity contribution in [1.29, 1.82) is 0 Å². The van der Waals surface area contributed by atoms with E-state index >= 15 is 0 Å². The van der Waals surface area contributed by atoms with Gasteiger partial charge in [-0.1, -0.05) is 36.4 Å². The smallest absolute Gasteiger partial charge is 0.272 e. The Kier molecular flexibility index (Phi) is 5.20. The van der Waals surface area contributed by atoms with Crippen molar-refractivity contribution in [2.75, 3.05) is 13.1 Å². The van der Waals surface area contributed by atoms with Crippen LogP contribution in [-0.2, 0) is 6.42 Å². The largest absolute Gasteiger partial charge is 0.445 e. The molecule has 1 amide bonds. The van der Waals surface area contributed by atoms with Gasteiger partial charge in [-0.05, 0) is 42.7 Å². The zero-order valence-electron chi connectivity index (χ0n) is 17.0. The highest BCUT2D eigenvalue weighted by molar-refractivity contribution is 5.95. The van der Waals surface area contributed by atoms with E-state index in [9.17, 15) is 9.18 Å². The van der Waals surface area contributed by atoms with E-state index in [0.717, 1.165) is 35.1 Å². The van der Waals surface area contributed by atoms with E-state index in [0.29, 0.717) is 31.1 Å².